The summed E-state index contributed by atoms with van der Waals surface area (Å²) in [5.41, 5.74) is 4.80. The lowest BCUT2D eigenvalue weighted by molar-refractivity contribution is 1.00. The fourth-order valence-electron chi connectivity index (χ4n) is 1.81. The molecule has 0 atom stereocenters. The van der Waals surface area contributed by atoms with Gasteiger partial charge in [0, 0.05) is 12.1 Å². The highest BCUT2D eigenvalue weighted by atomic mass is 15.3. The normalized spacial score (nSPS) is 10.1. The van der Waals surface area contributed by atoms with Gasteiger partial charge in [0.25, 0.3) is 0 Å². The van der Waals surface area contributed by atoms with Gasteiger partial charge in [0.1, 0.15) is 18.0 Å². The Kier molecular flexibility index (Phi) is 4.09. The Morgan fingerprint density at radius 3 is 2.50 bits per heavy atom. The molecule has 0 spiro atoms. The van der Waals surface area contributed by atoms with Crippen molar-refractivity contribution in [2.45, 2.75) is 19.9 Å². The summed E-state index contributed by atoms with van der Waals surface area (Å²) in [6.45, 7) is 2.78. The first-order chi connectivity index (χ1) is 8.85. The van der Waals surface area contributed by atoms with E-state index in [4.69, 9.17) is 5.84 Å². The van der Waals surface area contributed by atoms with Crippen LogP contribution in [0.4, 0.5) is 11.6 Å². The highest BCUT2D eigenvalue weighted by molar-refractivity contribution is 5.56. The van der Waals surface area contributed by atoms with Crippen LogP contribution in [0.1, 0.15) is 18.1 Å². The average molecular weight is 243 g/mol. The highest BCUT2D eigenvalue weighted by Crippen LogP contribution is 2.19. The molecule has 0 aliphatic rings. The standard InChI is InChI=1S/C13H17N5/c1-2-11-12(16-9-17-13(11)18-14)15-8-10-6-4-3-5-7-10/h3-7,9H,2,8,14H2,1H3,(H2,15,16,17,18). The number of hydrazine groups is 1. The average Bonchev–Trinajstić information content (AvgIpc) is 2.45. The number of nitrogen functional groups attached to an aromatic ring is 1. The second-order valence-electron chi connectivity index (χ2n) is 3.89. The molecule has 0 aliphatic carbocycles. The molecule has 0 amide bonds. The lowest BCUT2D eigenvalue weighted by Crippen LogP contribution is -2.14. The van der Waals surface area contributed by atoms with Gasteiger partial charge in [-0.3, -0.25) is 0 Å². The van der Waals surface area contributed by atoms with Gasteiger partial charge < -0.3 is 10.7 Å². The third-order valence-electron chi connectivity index (χ3n) is 2.74. The van der Waals surface area contributed by atoms with Crippen molar-refractivity contribution in [1.29, 1.82) is 0 Å². The Labute approximate surface area is 106 Å². The van der Waals surface area contributed by atoms with Crippen LogP contribution in [-0.4, -0.2) is 9.97 Å². The highest BCUT2D eigenvalue weighted by Gasteiger charge is 2.08. The molecule has 1 aromatic heterocycles. The van der Waals surface area contributed by atoms with E-state index in [1.54, 1.807) is 0 Å². The minimum absolute atomic E-state index is 0.670. The minimum Gasteiger partial charge on any atom is -0.366 e. The lowest BCUT2D eigenvalue weighted by Gasteiger charge is -2.12. The van der Waals surface area contributed by atoms with Gasteiger partial charge in [0.05, 0.1) is 0 Å². The number of hydrogen-bond acceptors (Lipinski definition) is 5. The number of benzene rings is 1. The van der Waals surface area contributed by atoms with E-state index >= 15 is 0 Å². The summed E-state index contributed by atoms with van der Waals surface area (Å²) < 4.78 is 0. The first kappa shape index (κ1) is 12.3. The van der Waals surface area contributed by atoms with Crippen molar-refractivity contribution in [1.82, 2.24) is 9.97 Å². The van der Waals surface area contributed by atoms with Gasteiger partial charge in [0.15, 0.2) is 0 Å². The zero-order valence-corrected chi connectivity index (χ0v) is 10.4. The lowest BCUT2D eigenvalue weighted by atomic mass is 10.2. The maximum atomic E-state index is 5.43. The van der Waals surface area contributed by atoms with Crippen molar-refractivity contribution in [2.75, 3.05) is 10.7 Å². The van der Waals surface area contributed by atoms with E-state index in [2.05, 4.69) is 32.8 Å². The summed E-state index contributed by atoms with van der Waals surface area (Å²) in [4.78, 5) is 8.35. The van der Waals surface area contributed by atoms with Gasteiger partial charge in [-0.05, 0) is 12.0 Å². The Balaban J connectivity index is 2.14. The molecule has 94 valence electrons. The first-order valence-electron chi connectivity index (χ1n) is 5.93. The van der Waals surface area contributed by atoms with E-state index in [1.807, 2.05) is 25.1 Å². The smallest absolute Gasteiger partial charge is 0.148 e. The fourth-order valence-corrected chi connectivity index (χ4v) is 1.81. The van der Waals surface area contributed by atoms with Crippen LogP contribution in [-0.2, 0) is 13.0 Å². The fraction of sp³-hybridized carbons (Fsp3) is 0.231. The Morgan fingerprint density at radius 2 is 1.83 bits per heavy atom. The number of aromatic nitrogens is 2. The quantitative estimate of drug-likeness (QED) is 0.552. The molecule has 2 aromatic rings. The molecule has 5 nitrogen and oxygen atoms in total. The summed E-state index contributed by atoms with van der Waals surface area (Å²) in [6.07, 6.45) is 2.32. The Bertz CT molecular complexity index is 498. The molecule has 0 radical (unpaired) electrons. The number of rotatable bonds is 5. The van der Waals surface area contributed by atoms with E-state index in [9.17, 15) is 0 Å². The molecule has 18 heavy (non-hydrogen) atoms. The van der Waals surface area contributed by atoms with Crippen molar-refractivity contribution >= 4 is 11.6 Å². The largest absolute Gasteiger partial charge is 0.366 e. The molecular weight excluding hydrogens is 226 g/mol. The topological polar surface area (TPSA) is 75.9 Å². The van der Waals surface area contributed by atoms with Crippen LogP contribution in [0.15, 0.2) is 36.7 Å². The van der Waals surface area contributed by atoms with Crippen LogP contribution in [0.25, 0.3) is 0 Å². The molecule has 1 aromatic carbocycles. The van der Waals surface area contributed by atoms with Crippen LogP contribution < -0.4 is 16.6 Å². The number of hydrogen-bond donors (Lipinski definition) is 3. The Hall–Kier alpha value is -2.14. The van der Waals surface area contributed by atoms with Crippen molar-refractivity contribution in [2.24, 2.45) is 5.84 Å². The second-order valence-corrected chi connectivity index (χ2v) is 3.89. The summed E-state index contributed by atoms with van der Waals surface area (Å²) in [5.74, 6) is 6.93. The summed E-state index contributed by atoms with van der Waals surface area (Å²) in [5, 5.41) is 3.31. The molecule has 0 saturated carbocycles. The van der Waals surface area contributed by atoms with E-state index in [0.29, 0.717) is 5.82 Å². The molecule has 0 fully saturated rings. The zero-order valence-electron chi connectivity index (χ0n) is 10.4. The first-order valence-corrected chi connectivity index (χ1v) is 5.93. The molecule has 4 N–H and O–H groups in total. The molecule has 5 heteroatoms. The van der Waals surface area contributed by atoms with Gasteiger partial charge in [-0.2, -0.15) is 0 Å². The van der Waals surface area contributed by atoms with Crippen LogP contribution in [0.3, 0.4) is 0 Å². The zero-order chi connectivity index (χ0) is 12.8. The van der Waals surface area contributed by atoms with E-state index in [1.165, 1.54) is 11.9 Å². The molecule has 0 saturated heterocycles. The predicted octanol–water partition coefficient (Wildman–Crippen LogP) is 1.94. The van der Waals surface area contributed by atoms with Gasteiger partial charge in [0.2, 0.25) is 0 Å². The number of nitrogens with one attached hydrogen (secondary N) is 2. The summed E-state index contributed by atoms with van der Waals surface area (Å²) >= 11 is 0. The van der Waals surface area contributed by atoms with E-state index in [-0.39, 0.29) is 0 Å². The van der Waals surface area contributed by atoms with Gasteiger partial charge >= 0.3 is 0 Å². The van der Waals surface area contributed by atoms with E-state index < -0.39 is 0 Å². The van der Waals surface area contributed by atoms with Crippen LogP contribution in [0.5, 0.6) is 0 Å². The van der Waals surface area contributed by atoms with Crippen LogP contribution in [0.2, 0.25) is 0 Å². The van der Waals surface area contributed by atoms with Gasteiger partial charge in [-0.1, -0.05) is 37.3 Å². The molecular formula is C13H17N5. The van der Waals surface area contributed by atoms with Crippen LogP contribution >= 0.6 is 0 Å². The van der Waals surface area contributed by atoms with E-state index in [0.717, 1.165) is 24.3 Å². The maximum Gasteiger partial charge on any atom is 0.148 e. The maximum absolute atomic E-state index is 5.43. The number of anilines is 2. The summed E-state index contributed by atoms with van der Waals surface area (Å²) in [7, 11) is 0. The van der Waals surface area contributed by atoms with Crippen molar-refractivity contribution < 1.29 is 0 Å². The Morgan fingerprint density at radius 1 is 1.11 bits per heavy atom. The number of nitrogens with two attached hydrogens (primary N) is 1. The molecule has 0 aliphatic heterocycles. The molecule has 2 rings (SSSR count). The SMILES string of the molecule is CCc1c(NN)ncnc1NCc1ccccc1. The van der Waals surface area contributed by atoms with Crippen molar-refractivity contribution in [3.63, 3.8) is 0 Å². The predicted molar refractivity (Wildman–Crippen MR) is 73.0 cm³/mol. The third-order valence-corrected chi connectivity index (χ3v) is 2.74. The second kappa shape index (κ2) is 5.97. The van der Waals surface area contributed by atoms with Crippen LogP contribution in [0, 0.1) is 0 Å². The summed E-state index contributed by atoms with van der Waals surface area (Å²) in [6, 6.07) is 10.2. The molecule has 0 bridgehead atoms. The minimum atomic E-state index is 0.670. The molecule has 1 heterocycles. The number of nitrogens with zero attached hydrogens (tertiary/aromatic N) is 2. The molecule has 0 unspecified atom stereocenters. The van der Waals surface area contributed by atoms with Gasteiger partial charge in [-0.25, -0.2) is 15.8 Å². The van der Waals surface area contributed by atoms with Crippen molar-refractivity contribution in [3.8, 4) is 0 Å². The van der Waals surface area contributed by atoms with Crippen molar-refractivity contribution in [3.05, 3.63) is 47.8 Å². The monoisotopic (exact) mass is 243 g/mol. The van der Waals surface area contributed by atoms with Gasteiger partial charge in [-0.15, -0.1) is 0 Å². The third kappa shape index (κ3) is 2.75.